The molecule has 0 spiro atoms. The lowest BCUT2D eigenvalue weighted by Gasteiger charge is -2.04. The molecule has 0 aliphatic rings. The third-order valence-electron chi connectivity index (χ3n) is 3.20. The van der Waals surface area contributed by atoms with Crippen LogP contribution in [-0.4, -0.2) is 4.98 Å². The second-order valence-corrected chi connectivity index (χ2v) is 4.51. The molecule has 1 aromatic heterocycles. The van der Waals surface area contributed by atoms with Crippen LogP contribution in [0.2, 0.25) is 0 Å². The minimum absolute atomic E-state index is 0.224. The SMILES string of the molecule is [c]1c(Oc2ncco2)ccc2cc3ccccc3cc12. The van der Waals surface area contributed by atoms with E-state index in [9.17, 15) is 0 Å². The summed E-state index contributed by atoms with van der Waals surface area (Å²) in [4.78, 5) is 3.93. The van der Waals surface area contributed by atoms with Crippen LogP contribution < -0.4 is 4.74 Å². The molecule has 0 N–H and O–H groups in total. The Bertz CT molecular complexity index is 882. The number of hydrogen-bond donors (Lipinski definition) is 0. The molecule has 1 heterocycles. The van der Waals surface area contributed by atoms with Crippen molar-refractivity contribution in [2.45, 2.75) is 0 Å². The molecule has 0 fully saturated rings. The summed E-state index contributed by atoms with van der Waals surface area (Å²) in [5, 5.41) is 4.54. The molecule has 0 bridgehead atoms. The van der Waals surface area contributed by atoms with Crippen molar-refractivity contribution in [3.8, 4) is 11.8 Å². The summed E-state index contributed by atoms with van der Waals surface area (Å²) in [6.07, 6.45) is 3.25. The minimum atomic E-state index is 0.224. The van der Waals surface area contributed by atoms with Gasteiger partial charge in [-0.2, -0.15) is 4.98 Å². The maximum Gasteiger partial charge on any atom is 0.399 e. The van der Waals surface area contributed by atoms with Gasteiger partial charge in [-0.3, -0.25) is 0 Å². The minimum Gasteiger partial charge on any atom is -0.417 e. The molecule has 20 heavy (non-hydrogen) atoms. The summed E-state index contributed by atoms with van der Waals surface area (Å²) in [5.41, 5.74) is 0. The first kappa shape index (κ1) is 11.1. The number of fused-ring (bicyclic) bond motifs is 2. The molecule has 0 aliphatic carbocycles. The van der Waals surface area contributed by atoms with Gasteiger partial charge in [-0.25, -0.2) is 0 Å². The van der Waals surface area contributed by atoms with Gasteiger partial charge in [0.1, 0.15) is 12.0 Å². The smallest absolute Gasteiger partial charge is 0.399 e. The van der Waals surface area contributed by atoms with Crippen LogP contribution in [0.4, 0.5) is 0 Å². The van der Waals surface area contributed by atoms with Gasteiger partial charge in [0.2, 0.25) is 0 Å². The van der Waals surface area contributed by atoms with Crippen molar-refractivity contribution in [2.24, 2.45) is 0 Å². The molecule has 4 aromatic rings. The van der Waals surface area contributed by atoms with E-state index in [4.69, 9.17) is 9.15 Å². The number of nitrogens with zero attached hydrogens (tertiary/aromatic N) is 1. The molecule has 0 saturated heterocycles. The summed E-state index contributed by atoms with van der Waals surface area (Å²) >= 11 is 0. The van der Waals surface area contributed by atoms with Gasteiger partial charge in [0.05, 0.1) is 6.20 Å². The van der Waals surface area contributed by atoms with E-state index in [1.165, 1.54) is 17.0 Å². The Labute approximate surface area is 115 Å². The predicted molar refractivity (Wildman–Crippen MR) is 76.9 cm³/mol. The number of hydrogen-bond acceptors (Lipinski definition) is 3. The first-order chi connectivity index (χ1) is 9.88. The molecule has 0 atom stereocenters. The van der Waals surface area contributed by atoms with E-state index in [1.807, 2.05) is 24.3 Å². The molecule has 3 nitrogen and oxygen atoms in total. The Morgan fingerprint density at radius 2 is 1.80 bits per heavy atom. The largest absolute Gasteiger partial charge is 0.417 e. The van der Waals surface area contributed by atoms with Crippen LogP contribution in [0.15, 0.2) is 65.4 Å². The van der Waals surface area contributed by atoms with E-state index in [2.05, 4.69) is 35.3 Å². The van der Waals surface area contributed by atoms with Crippen molar-refractivity contribution < 1.29 is 9.15 Å². The highest BCUT2D eigenvalue weighted by atomic mass is 16.6. The highest BCUT2D eigenvalue weighted by Gasteiger charge is 2.04. The van der Waals surface area contributed by atoms with Crippen LogP contribution in [0.3, 0.4) is 0 Å². The molecule has 3 aromatic carbocycles. The van der Waals surface area contributed by atoms with Crippen molar-refractivity contribution in [2.75, 3.05) is 0 Å². The highest BCUT2D eigenvalue weighted by molar-refractivity contribution is 5.98. The summed E-state index contributed by atoms with van der Waals surface area (Å²) in [7, 11) is 0. The van der Waals surface area contributed by atoms with E-state index in [-0.39, 0.29) is 6.08 Å². The van der Waals surface area contributed by atoms with Gasteiger partial charge in [-0.1, -0.05) is 30.3 Å². The van der Waals surface area contributed by atoms with E-state index in [1.54, 1.807) is 6.20 Å². The molecule has 0 saturated carbocycles. The quantitative estimate of drug-likeness (QED) is 0.495. The van der Waals surface area contributed by atoms with Gasteiger partial charge in [-0.05, 0) is 39.7 Å². The van der Waals surface area contributed by atoms with Crippen molar-refractivity contribution in [3.05, 3.63) is 67.1 Å². The fourth-order valence-electron chi connectivity index (χ4n) is 2.26. The van der Waals surface area contributed by atoms with Gasteiger partial charge in [0.15, 0.2) is 0 Å². The molecule has 95 valence electrons. The number of aromatic nitrogens is 1. The Morgan fingerprint density at radius 1 is 0.950 bits per heavy atom. The van der Waals surface area contributed by atoms with Crippen LogP contribution >= 0.6 is 0 Å². The normalized spacial score (nSPS) is 11.0. The molecule has 0 unspecified atom stereocenters. The first-order valence-corrected chi connectivity index (χ1v) is 6.31. The van der Waals surface area contributed by atoms with E-state index >= 15 is 0 Å². The second-order valence-electron chi connectivity index (χ2n) is 4.51. The van der Waals surface area contributed by atoms with E-state index in [0.717, 1.165) is 10.8 Å². The molecule has 3 heteroatoms. The summed E-state index contributed by atoms with van der Waals surface area (Å²) in [5.74, 6) is 0.593. The third kappa shape index (κ3) is 1.89. The fraction of sp³-hybridized carbons (Fsp3) is 0. The molecular formula is C17H10NO2. The second kappa shape index (κ2) is 4.38. The molecule has 0 aliphatic heterocycles. The summed E-state index contributed by atoms with van der Waals surface area (Å²) in [6.45, 7) is 0. The van der Waals surface area contributed by atoms with Crippen LogP contribution in [0, 0.1) is 6.07 Å². The maximum absolute atomic E-state index is 5.51. The maximum atomic E-state index is 5.51. The molecule has 4 rings (SSSR count). The lowest BCUT2D eigenvalue weighted by Crippen LogP contribution is -1.84. The Hall–Kier alpha value is -2.81. The number of rotatable bonds is 2. The Morgan fingerprint density at radius 3 is 2.60 bits per heavy atom. The van der Waals surface area contributed by atoms with Gasteiger partial charge in [0.25, 0.3) is 0 Å². The lowest BCUT2D eigenvalue weighted by atomic mass is 10.0. The van der Waals surface area contributed by atoms with Gasteiger partial charge < -0.3 is 9.15 Å². The Balaban J connectivity index is 1.83. The van der Waals surface area contributed by atoms with Crippen LogP contribution in [0.5, 0.6) is 11.8 Å². The van der Waals surface area contributed by atoms with Crippen LogP contribution in [0.1, 0.15) is 0 Å². The summed E-state index contributed by atoms with van der Waals surface area (Å²) < 4.78 is 10.6. The van der Waals surface area contributed by atoms with Gasteiger partial charge >= 0.3 is 6.08 Å². The van der Waals surface area contributed by atoms with Crippen molar-refractivity contribution in [3.63, 3.8) is 0 Å². The Kier molecular flexibility index (Phi) is 2.42. The zero-order chi connectivity index (χ0) is 13.4. The molecular weight excluding hydrogens is 250 g/mol. The molecule has 0 amide bonds. The van der Waals surface area contributed by atoms with Crippen molar-refractivity contribution in [1.29, 1.82) is 0 Å². The van der Waals surface area contributed by atoms with Crippen molar-refractivity contribution in [1.82, 2.24) is 4.98 Å². The van der Waals surface area contributed by atoms with Crippen LogP contribution in [0.25, 0.3) is 21.5 Å². The van der Waals surface area contributed by atoms with Crippen molar-refractivity contribution >= 4 is 21.5 Å². The average molecular weight is 260 g/mol. The number of benzene rings is 3. The lowest BCUT2D eigenvalue weighted by molar-refractivity contribution is 0.330. The standard InChI is InChI=1S/C17H10NO2/c1-2-4-13-10-15-11-16(20-17-18-7-8-19-17)6-5-14(15)9-12(13)3-1/h1-10H. The van der Waals surface area contributed by atoms with E-state index < -0.39 is 0 Å². The zero-order valence-corrected chi connectivity index (χ0v) is 10.5. The fourth-order valence-corrected chi connectivity index (χ4v) is 2.26. The monoisotopic (exact) mass is 260 g/mol. The average Bonchev–Trinajstić information content (AvgIpc) is 2.98. The van der Waals surface area contributed by atoms with Gasteiger partial charge in [0, 0.05) is 6.07 Å². The highest BCUT2D eigenvalue weighted by Crippen LogP contribution is 2.27. The molecule has 1 radical (unpaired) electrons. The first-order valence-electron chi connectivity index (χ1n) is 6.31. The zero-order valence-electron chi connectivity index (χ0n) is 10.5. The third-order valence-corrected chi connectivity index (χ3v) is 3.20. The number of ether oxygens (including phenoxy) is 1. The van der Waals surface area contributed by atoms with Gasteiger partial charge in [-0.15, -0.1) is 0 Å². The predicted octanol–water partition coefficient (Wildman–Crippen LogP) is 4.57. The van der Waals surface area contributed by atoms with Crippen LogP contribution in [-0.2, 0) is 0 Å². The number of oxazole rings is 1. The van der Waals surface area contributed by atoms with E-state index in [0.29, 0.717) is 5.75 Å². The topological polar surface area (TPSA) is 35.3 Å². The summed E-state index contributed by atoms with van der Waals surface area (Å²) in [6, 6.07) is 19.6.